The van der Waals surface area contributed by atoms with Crippen molar-refractivity contribution >= 4 is 50.3 Å². The molecule has 0 spiro atoms. The summed E-state index contributed by atoms with van der Waals surface area (Å²) in [4.78, 5) is 26.7. The number of nitrogens with zero attached hydrogens (tertiary/aromatic N) is 4. The van der Waals surface area contributed by atoms with Gasteiger partial charge in [-0.05, 0) is 30.3 Å². The van der Waals surface area contributed by atoms with Gasteiger partial charge in [0.05, 0.1) is 21.8 Å². The smallest absolute Gasteiger partial charge is 0.255 e. The number of carbonyl (C=O) groups excluding carboxylic acids is 1. The molecule has 1 aromatic heterocycles. The van der Waals surface area contributed by atoms with E-state index in [-0.39, 0.29) is 5.91 Å². The molecule has 4 aromatic rings. The minimum Gasteiger partial charge on any atom is -0.337 e. The highest BCUT2D eigenvalue weighted by Gasteiger charge is 2.25. The lowest BCUT2D eigenvalue weighted by Crippen LogP contribution is -2.49. The van der Waals surface area contributed by atoms with Gasteiger partial charge in [-0.15, -0.1) is 0 Å². The van der Waals surface area contributed by atoms with Gasteiger partial charge in [-0.2, -0.15) is 0 Å². The average Bonchev–Trinajstić information content (AvgIpc) is 2.84. The Kier molecular flexibility index (Phi) is 5.81. The number of hydrogen-bond acceptors (Lipinski definition) is 4. The van der Waals surface area contributed by atoms with Crippen LogP contribution in [0.4, 0.5) is 5.95 Å². The van der Waals surface area contributed by atoms with Crippen LogP contribution in [0.1, 0.15) is 10.4 Å². The van der Waals surface area contributed by atoms with Gasteiger partial charge in [-0.25, -0.2) is 9.97 Å². The second-order valence-electron chi connectivity index (χ2n) is 7.66. The van der Waals surface area contributed by atoms with Crippen LogP contribution in [0.3, 0.4) is 0 Å². The summed E-state index contributed by atoms with van der Waals surface area (Å²) in [6.45, 7) is 2.50. The van der Waals surface area contributed by atoms with Crippen LogP contribution in [0.15, 0.2) is 77.3 Å². The normalized spacial score (nSPS) is 14.1. The molecule has 0 saturated carbocycles. The van der Waals surface area contributed by atoms with E-state index in [1.807, 2.05) is 47.4 Å². The van der Waals surface area contributed by atoms with E-state index in [1.165, 1.54) is 0 Å². The standard InChI is InChI=1S/C25H20BrClN4O/c26-18-10-11-22-20(16-18)23(17-6-2-1-3-7-17)29-25(28-22)31-14-12-30(13-15-31)24(32)19-8-4-5-9-21(19)27/h1-11,16H,12-15H2. The van der Waals surface area contributed by atoms with E-state index in [0.29, 0.717) is 42.7 Å². The number of piperazine rings is 1. The Bertz CT molecular complexity index is 1290. The zero-order valence-electron chi connectivity index (χ0n) is 17.2. The van der Waals surface area contributed by atoms with E-state index < -0.39 is 0 Å². The van der Waals surface area contributed by atoms with E-state index >= 15 is 0 Å². The zero-order chi connectivity index (χ0) is 22.1. The van der Waals surface area contributed by atoms with Gasteiger partial charge >= 0.3 is 0 Å². The Balaban J connectivity index is 1.43. The maximum Gasteiger partial charge on any atom is 0.255 e. The molecular formula is C25H20BrClN4O. The first-order chi connectivity index (χ1) is 15.6. The van der Waals surface area contributed by atoms with Gasteiger partial charge in [0.2, 0.25) is 5.95 Å². The quantitative estimate of drug-likeness (QED) is 0.358. The molecule has 1 amide bonds. The number of amides is 1. The van der Waals surface area contributed by atoms with E-state index in [1.54, 1.807) is 12.1 Å². The first kappa shape index (κ1) is 20.9. The van der Waals surface area contributed by atoms with Gasteiger partial charge in [-0.3, -0.25) is 4.79 Å². The molecule has 32 heavy (non-hydrogen) atoms. The molecule has 0 bridgehead atoms. The second kappa shape index (κ2) is 8.88. The molecule has 7 heteroatoms. The molecule has 160 valence electrons. The highest BCUT2D eigenvalue weighted by Crippen LogP contribution is 2.30. The Morgan fingerprint density at radius 2 is 1.59 bits per heavy atom. The number of hydrogen-bond donors (Lipinski definition) is 0. The Hall–Kier alpha value is -2.96. The molecule has 0 radical (unpaired) electrons. The number of rotatable bonds is 3. The Morgan fingerprint density at radius 3 is 2.34 bits per heavy atom. The van der Waals surface area contributed by atoms with Crippen molar-refractivity contribution in [3.05, 3.63) is 87.9 Å². The lowest BCUT2D eigenvalue weighted by atomic mass is 10.1. The third kappa shape index (κ3) is 4.08. The maximum absolute atomic E-state index is 12.9. The van der Waals surface area contributed by atoms with Crippen LogP contribution < -0.4 is 4.90 Å². The average molecular weight is 508 g/mol. The summed E-state index contributed by atoms with van der Waals surface area (Å²) in [5.41, 5.74) is 3.39. The second-order valence-corrected chi connectivity index (χ2v) is 8.98. The first-order valence-corrected chi connectivity index (χ1v) is 11.6. The van der Waals surface area contributed by atoms with Crippen LogP contribution in [-0.2, 0) is 0 Å². The molecular weight excluding hydrogens is 488 g/mol. The van der Waals surface area contributed by atoms with Gasteiger partial charge in [0.1, 0.15) is 0 Å². The zero-order valence-corrected chi connectivity index (χ0v) is 19.6. The molecule has 5 nitrogen and oxygen atoms in total. The lowest BCUT2D eigenvalue weighted by Gasteiger charge is -2.35. The van der Waals surface area contributed by atoms with Crippen LogP contribution in [0.2, 0.25) is 5.02 Å². The van der Waals surface area contributed by atoms with Gasteiger partial charge < -0.3 is 9.80 Å². The molecule has 1 saturated heterocycles. The highest BCUT2D eigenvalue weighted by molar-refractivity contribution is 9.10. The van der Waals surface area contributed by atoms with Gasteiger partial charge in [-0.1, -0.05) is 70.0 Å². The first-order valence-electron chi connectivity index (χ1n) is 10.4. The topological polar surface area (TPSA) is 49.3 Å². The predicted octanol–water partition coefficient (Wildman–Crippen LogP) is 5.68. The summed E-state index contributed by atoms with van der Waals surface area (Å²) in [6, 6.07) is 23.4. The van der Waals surface area contributed by atoms with Gasteiger partial charge in [0.25, 0.3) is 5.91 Å². The molecule has 0 unspecified atom stereocenters. The number of halogens is 2. The van der Waals surface area contributed by atoms with Crippen molar-refractivity contribution < 1.29 is 4.79 Å². The molecule has 0 N–H and O–H groups in total. The van der Waals surface area contributed by atoms with E-state index in [2.05, 4.69) is 39.0 Å². The Labute approximate surface area is 199 Å². The van der Waals surface area contributed by atoms with E-state index in [0.717, 1.165) is 26.6 Å². The molecule has 1 aliphatic rings. The number of aromatic nitrogens is 2. The minimum atomic E-state index is -0.0375. The Morgan fingerprint density at radius 1 is 0.875 bits per heavy atom. The fraction of sp³-hybridized carbons (Fsp3) is 0.160. The van der Waals surface area contributed by atoms with Crippen LogP contribution in [-0.4, -0.2) is 47.0 Å². The van der Waals surface area contributed by atoms with Crippen LogP contribution in [0, 0.1) is 0 Å². The van der Waals surface area contributed by atoms with E-state index in [4.69, 9.17) is 21.6 Å². The number of anilines is 1. The van der Waals surface area contributed by atoms with Crippen LogP contribution in [0.5, 0.6) is 0 Å². The summed E-state index contributed by atoms with van der Waals surface area (Å²) in [5, 5.41) is 1.48. The third-order valence-corrected chi connectivity index (χ3v) is 6.47. The van der Waals surface area contributed by atoms with Crippen molar-refractivity contribution in [2.45, 2.75) is 0 Å². The predicted molar refractivity (Wildman–Crippen MR) is 132 cm³/mol. The summed E-state index contributed by atoms with van der Waals surface area (Å²) in [6.07, 6.45) is 0. The number of fused-ring (bicyclic) bond motifs is 1. The molecule has 1 aliphatic heterocycles. The summed E-state index contributed by atoms with van der Waals surface area (Å²) in [5.74, 6) is 0.646. The van der Waals surface area contributed by atoms with Crippen LogP contribution >= 0.6 is 27.5 Å². The van der Waals surface area contributed by atoms with Crippen LogP contribution in [0.25, 0.3) is 22.2 Å². The molecule has 0 atom stereocenters. The summed E-state index contributed by atoms with van der Waals surface area (Å²) >= 11 is 9.79. The molecule has 1 fully saturated rings. The van der Waals surface area contributed by atoms with Gasteiger partial charge in [0.15, 0.2) is 0 Å². The van der Waals surface area contributed by atoms with Crippen molar-refractivity contribution in [1.82, 2.24) is 14.9 Å². The van der Waals surface area contributed by atoms with Crippen molar-refractivity contribution in [2.24, 2.45) is 0 Å². The minimum absolute atomic E-state index is 0.0375. The van der Waals surface area contributed by atoms with Crippen molar-refractivity contribution in [3.63, 3.8) is 0 Å². The SMILES string of the molecule is O=C(c1ccccc1Cl)N1CCN(c2nc(-c3ccccc3)c3cc(Br)ccc3n2)CC1. The third-order valence-electron chi connectivity index (χ3n) is 5.65. The number of benzene rings is 3. The molecule has 0 aliphatic carbocycles. The largest absolute Gasteiger partial charge is 0.337 e. The lowest BCUT2D eigenvalue weighted by molar-refractivity contribution is 0.0746. The number of carbonyl (C=O) groups is 1. The monoisotopic (exact) mass is 506 g/mol. The fourth-order valence-corrected chi connectivity index (χ4v) is 4.54. The maximum atomic E-state index is 12.9. The molecule has 3 aromatic carbocycles. The van der Waals surface area contributed by atoms with Crippen molar-refractivity contribution in [1.29, 1.82) is 0 Å². The van der Waals surface area contributed by atoms with Crippen molar-refractivity contribution in [2.75, 3.05) is 31.1 Å². The van der Waals surface area contributed by atoms with Crippen molar-refractivity contribution in [3.8, 4) is 11.3 Å². The summed E-state index contributed by atoms with van der Waals surface area (Å²) < 4.78 is 0.991. The van der Waals surface area contributed by atoms with Gasteiger partial charge in [0, 0.05) is 41.6 Å². The highest BCUT2D eigenvalue weighted by atomic mass is 79.9. The molecule has 2 heterocycles. The summed E-state index contributed by atoms with van der Waals surface area (Å²) in [7, 11) is 0. The molecule has 5 rings (SSSR count). The fourth-order valence-electron chi connectivity index (χ4n) is 3.96. The van der Waals surface area contributed by atoms with E-state index in [9.17, 15) is 4.79 Å².